The Morgan fingerprint density at radius 2 is 1.86 bits per heavy atom. The number of primary sulfonamides is 1. The van der Waals surface area contributed by atoms with E-state index in [0.29, 0.717) is 10.9 Å². The summed E-state index contributed by atoms with van der Waals surface area (Å²) in [4.78, 5) is 12.1. The average Bonchev–Trinajstić information content (AvgIpc) is 2.91. The Hall–Kier alpha value is -1.05. The number of nitrogens with two attached hydrogens (primary N) is 1. The largest absolute Gasteiger partial charge is 0.325 e. The van der Waals surface area contributed by atoms with Gasteiger partial charge in [-0.05, 0) is 44.0 Å². The summed E-state index contributed by atoms with van der Waals surface area (Å²) < 4.78 is 22.3. The van der Waals surface area contributed by atoms with E-state index in [2.05, 4.69) is 5.32 Å². The molecular formula is C14H20N2O3S2. The molecule has 1 amide bonds. The van der Waals surface area contributed by atoms with Gasteiger partial charge in [0.15, 0.2) is 0 Å². The van der Waals surface area contributed by atoms with Crippen molar-refractivity contribution in [3.05, 3.63) is 24.3 Å². The number of carbonyl (C=O) groups is 1. The Labute approximate surface area is 129 Å². The molecule has 1 atom stereocenters. The molecule has 1 aromatic carbocycles. The molecule has 3 N–H and O–H groups in total. The summed E-state index contributed by atoms with van der Waals surface area (Å²) in [7, 11) is -3.70. The van der Waals surface area contributed by atoms with Crippen LogP contribution in [0.4, 0.5) is 5.69 Å². The molecule has 1 aliphatic carbocycles. The van der Waals surface area contributed by atoms with E-state index in [4.69, 9.17) is 5.14 Å². The van der Waals surface area contributed by atoms with Gasteiger partial charge in [-0.2, -0.15) is 0 Å². The van der Waals surface area contributed by atoms with Crippen molar-refractivity contribution in [2.24, 2.45) is 5.14 Å². The van der Waals surface area contributed by atoms with Crippen molar-refractivity contribution < 1.29 is 13.2 Å². The summed E-state index contributed by atoms with van der Waals surface area (Å²) in [5, 5.41) is 8.29. The topological polar surface area (TPSA) is 89.3 Å². The predicted molar refractivity (Wildman–Crippen MR) is 85.8 cm³/mol. The van der Waals surface area contributed by atoms with Crippen LogP contribution in [0.5, 0.6) is 0 Å². The molecule has 116 valence electrons. The van der Waals surface area contributed by atoms with Gasteiger partial charge in [-0.1, -0.05) is 12.8 Å². The lowest BCUT2D eigenvalue weighted by molar-refractivity contribution is -0.115. The van der Waals surface area contributed by atoms with Crippen molar-refractivity contribution in [3.8, 4) is 0 Å². The summed E-state index contributed by atoms with van der Waals surface area (Å²) in [6.45, 7) is 1.90. The molecule has 0 bridgehead atoms. The third-order valence-electron chi connectivity index (χ3n) is 3.52. The zero-order valence-electron chi connectivity index (χ0n) is 11.9. The van der Waals surface area contributed by atoms with Crippen molar-refractivity contribution in [2.75, 3.05) is 5.32 Å². The van der Waals surface area contributed by atoms with Gasteiger partial charge in [0.25, 0.3) is 0 Å². The molecule has 2 rings (SSSR count). The van der Waals surface area contributed by atoms with Crippen LogP contribution in [-0.2, 0) is 14.8 Å². The molecule has 0 radical (unpaired) electrons. The van der Waals surface area contributed by atoms with Gasteiger partial charge in [0.1, 0.15) is 0 Å². The lowest BCUT2D eigenvalue weighted by Crippen LogP contribution is -2.24. The molecule has 1 fully saturated rings. The third kappa shape index (κ3) is 4.72. The Morgan fingerprint density at radius 1 is 1.29 bits per heavy atom. The molecule has 1 aromatic rings. The summed E-state index contributed by atoms with van der Waals surface area (Å²) in [6.07, 6.45) is 4.87. The molecule has 1 aliphatic rings. The first-order valence-electron chi connectivity index (χ1n) is 6.95. The molecule has 5 nitrogen and oxygen atoms in total. The second-order valence-corrected chi connectivity index (χ2v) is 8.45. The number of rotatable bonds is 5. The van der Waals surface area contributed by atoms with Gasteiger partial charge in [-0.3, -0.25) is 4.79 Å². The Bertz CT molecular complexity index is 593. The Kier molecular flexibility index (Phi) is 5.29. The van der Waals surface area contributed by atoms with Crippen LogP contribution in [0.25, 0.3) is 0 Å². The molecule has 0 spiro atoms. The highest BCUT2D eigenvalue weighted by Crippen LogP contribution is 2.32. The van der Waals surface area contributed by atoms with E-state index in [0.717, 1.165) is 0 Å². The first-order chi connectivity index (χ1) is 9.86. The summed E-state index contributed by atoms with van der Waals surface area (Å²) in [6, 6.07) is 5.87. The van der Waals surface area contributed by atoms with Crippen LogP contribution in [0, 0.1) is 0 Å². The fourth-order valence-electron chi connectivity index (χ4n) is 2.35. The van der Waals surface area contributed by atoms with E-state index < -0.39 is 10.0 Å². The number of thioether (sulfide) groups is 1. The Morgan fingerprint density at radius 3 is 2.38 bits per heavy atom. The van der Waals surface area contributed by atoms with Crippen LogP contribution in [0.3, 0.4) is 0 Å². The number of anilines is 1. The van der Waals surface area contributed by atoms with Gasteiger partial charge < -0.3 is 5.32 Å². The van der Waals surface area contributed by atoms with Crippen molar-refractivity contribution in [1.82, 2.24) is 0 Å². The summed E-state index contributed by atoms with van der Waals surface area (Å²) >= 11 is 1.71. The molecule has 7 heteroatoms. The number of hydrogen-bond acceptors (Lipinski definition) is 4. The van der Waals surface area contributed by atoms with Gasteiger partial charge in [-0.25, -0.2) is 13.6 Å². The highest BCUT2D eigenvalue weighted by atomic mass is 32.2. The normalized spacial score (nSPS) is 17.6. The molecule has 21 heavy (non-hydrogen) atoms. The van der Waals surface area contributed by atoms with Crippen LogP contribution >= 0.6 is 11.8 Å². The molecule has 0 unspecified atom stereocenters. The minimum Gasteiger partial charge on any atom is -0.325 e. The molecular weight excluding hydrogens is 308 g/mol. The number of benzene rings is 1. The van der Waals surface area contributed by atoms with Crippen molar-refractivity contribution in [3.63, 3.8) is 0 Å². The molecule has 1 saturated carbocycles. The minimum absolute atomic E-state index is 0.0360. The van der Waals surface area contributed by atoms with Crippen molar-refractivity contribution in [1.29, 1.82) is 0 Å². The van der Waals surface area contributed by atoms with Crippen LogP contribution in [0.1, 0.15) is 32.6 Å². The van der Waals surface area contributed by atoms with Gasteiger partial charge >= 0.3 is 0 Å². The van der Waals surface area contributed by atoms with Crippen LogP contribution in [0.15, 0.2) is 29.2 Å². The molecule has 0 heterocycles. The zero-order chi connectivity index (χ0) is 15.5. The van der Waals surface area contributed by atoms with E-state index in [1.165, 1.54) is 37.8 Å². The maximum absolute atomic E-state index is 12.1. The predicted octanol–water partition coefficient (Wildman–Crippen LogP) is 2.34. The smallest absolute Gasteiger partial charge is 0.238 e. The second-order valence-electron chi connectivity index (χ2n) is 5.24. The highest BCUT2D eigenvalue weighted by Gasteiger charge is 2.22. The molecule has 0 aromatic heterocycles. The quantitative estimate of drug-likeness (QED) is 0.868. The fraction of sp³-hybridized carbons (Fsp3) is 0.500. The summed E-state index contributed by atoms with van der Waals surface area (Å²) in [5.41, 5.74) is 0.575. The monoisotopic (exact) mass is 328 g/mol. The Balaban J connectivity index is 1.92. The number of hydrogen-bond donors (Lipinski definition) is 2. The maximum atomic E-state index is 12.1. The van der Waals surface area contributed by atoms with E-state index in [1.807, 2.05) is 6.92 Å². The van der Waals surface area contributed by atoms with Gasteiger partial charge in [0.05, 0.1) is 10.1 Å². The van der Waals surface area contributed by atoms with E-state index in [-0.39, 0.29) is 16.1 Å². The minimum atomic E-state index is -3.70. The van der Waals surface area contributed by atoms with Crippen molar-refractivity contribution in [2.45, 2.75) is 48.0 Å². The highest BCUT2D eigenvalue weighted by molar-refractivity contribution is 8.01. The number of nitrogens with one attached hydrogen (secondary N) is 1. The molecule has 0 aliphatic heterocycles. The maximum Gasteiger partial charge on any atom is 0.238 e. The first-order valence-corrected chi connectivity index (χ1v) is 9.44. The van der Waals surface area contributed by atoms with Gasteiger partial charge in [-0.15, -0.1) is 11.8 Å². The van der Waals surface area contributed by atoms with Crippen molar-refractivity contribution >= 4 is 33.4 Å². The number of amides is 1. The number of sulfonamides is 1. The van der Waals surface area contributed by atoms with E-state index in [1.54, 1.807) is 23.9 Å². The van der Waals surface area contributed by atoms with E-state index in [9.17, 15) is 13.2 Å². The average molecular weight is 328 g/mol. The van der Waals surface area contributed by atoms with Gasteiger partial charge in [0, 0.05) is 10.9 Å². The van der Waals surface area contributed by atoms with Gasteiger partial charge in [0.2, 0.25) is 15.9 Å². The fourth-order valence-corrected chi connectivity index (χ4v) is 4.23. The summed E-state index contributed by atoms with van der Waals surface area (Å²) in [5.74, 6) is -0.0599. The van der Waals surface area contributed by atoms with Crippen LogP contribution < -0.4 is 10.5 Å². The van der Waals surface area contributed by atoms with Crippen LogP contribution in [0.2, 0.25) is 0 Å². The van der Waals surface area contributed by atoms with Crippen LogP contribution in [-0.4, -0.2) is 24.8 Å². The first kappa shape index (κ1) is 16.3. The lowest BCUT2D eigenvalue weighted by Gasteiger charge is -2.16. The second kappa shape index (κ2) is 6.81. The standard InChI is InChI=1S/C14H20N2O3S2/c1-10(20-12-4-2-3-5-12)14(17)16-11-6-8-13(9-7-11)21(15,18)19/h6-10,12H,2-5H2,1H3,(H,16,17)(H2,15,18,19)/t10-/m0/s1. The third-order valence-corrected chi connectivity index (χ3v) is 5.93. The lowest BCUT2D eigenvalue weighted by atomic mass is 10.3. The SMILES string of the molecule is C[C@H](SC1CCCC1)C(=O)Nc1ccc(S(N)(=O)=O)cc1. The molecule has 0 saturated heterocycles. The van der Waals surface area contributed by atoms with E-state index >= 15 is 0 Å². The number of carbonyl (C=O) groups excluding carboxylic acids is 1. The zero-order valence-corrected chi connectivity index (χ0v) is 13.5.